The quantitative estimate of drug-likeness (QED) is 0.109. The second-order valence-electron chi connectivity index (χ2n) is 10.0. The molecule has 0 radical (unpaired) electrons. The van der Waals surface area contributed by atoms with E-state index in [9.17, 15) is 14.5 Å². The Kier molecular flexibility index (Phi) is 8.70. The smallest absolute Gasteiger partial charge is 0.271 e. The summed E-state index contributed by atoms with van der Waals surface area (Å²) in [5.74, 6) is 0.607. The van der Waals surface area contributed by atoms with Gasteiger partial charge in [-0.2, -0.15) is 0 Å². The molecule has 4 N–H and O–H groups in total. The average Bonchev–Trinajstić information content (AvgIpc) is 3.53. The van der Waals surface area contributed by atoms with Gasteiger partial charge in [0.25, 0.3) is 5.69 Å². The van der Waals surface area contributed by atoms with Gasteiger partial charge in [0.05, 0.1) is 16.3 Å². The molecular formula is C32H30FN9O2. The van der Waals surface area contributed by atoms with Crippen LogP contribution in [-0.2, 0) is 0 Å². The van der Waals surface area contributed by atoms with Gasteiger partial charge >= 0.3 is 0 Å². The second kappa shape index (κ2) is 12.9. The number of nitrogens with zero attached hydrogens (tertiary/aromatic N) is 5. The van der Waals surface area contributed by atoms with Crippen molar-refractivity contribution in [2.24, 2.45) is 0 Å². The molecule has 12 heteroatoms. The van der Waals surface area contributed by atoms with Crippen molar-refractivity contribution in [2.75, 3.05) is 10.6 Å². The molecule has 0 aliphatic rings. The number of halogens is 1. The van der Waals surface area contributed by atoms with Gasteiger partial charge in [-0.3, -0.25) is 10.1 Å². The third-order valence-corrected chi connectivity index (χ3v) is 6.79. The minimum atomic E-state index is -0.436. The van der Waals surface area contributed by atoms with Gasteiger partial charge < -0.3 is 20.6 Å². The molecular weight excluding hydrogens is 561 g/mol. The van der Waals surface area contributed by atoms with Crippen LogP contribution in [0.2, 0.25) is 0 Å². The number of nitro groups is 1. The molecule has 4 heterocycles. The van der Waals surface area contributed by atoms with Crippen LogP contribution in [-0.4, -0.2) is 34.8 Å². The Morgan fingerprint density at radius 2 is 1.25 bits per heavy atom. The normalized spacial score (nSPS) is 10.6. The van der Waals surface area contributed by atoms with Gasteiger partial charge in [0.15, 0.2) is 0 Å². The monoisotopic (exact) mass is 591 g/mol. The zero-order valence-corrected chi connectivity index (χ0v) is 24.5. The van der Waals surface area contributed by atoms with Crippen LogP contribution in [0.25, 0.3) is 22.5 Å². The van der Waals surface area contributed by atoms with Crippen LogP contribution < -0.4 is 10.6 Å². The molecule has 11 nitrogen and oxygen atoms in total. The largest absolute Gasteiger partial charge is 0.364 e. The highest BCUT2D eigenvalue weighted by molar-refractivity contribution is 5.69. The van der Waals surface area contributed by atoms with Crippen LogP contribution >= 0.6 is 0 Å². The van der Waals surface area contributed by atoms with Crippen LogP contribution in [0.1, 0.15) is 22.5 Å². The van der Waals surface area contributed by atoms with Crippen LogP contribution in [0.5, 0.6) is 0 Å². The van der Waals surface area contributed by atoms with Crippen molar-refractivity contribution in [3.8, 4) is 22.5 Å². The van der Waals surface area contributed by atoms with E-state index in [4.69, 9.17) is 0 Å². The highest BCUT2D eigenvalue weighted by atomic mass is 19.1. The Morgan fingerprint density at radius 1 is 0.727 bits per heavy atom. The molecule has 6 rings (SSSR count). The molecule has 6 aromatic rings. The van der Waals surface area contributed by atoms with Gasteiger partial charge in [0.2, 0.25) is 11.9 Å². The third-order valence-electron chi connectivity index (χ3n) is 6.79. The maximum atomic E-state index is 12.9. The maximum Gasteiger partial charge on any atom is 0.271 e. The van der Waals surface area contributed by atoms with Crippen molar-refractivity contribution in [3.05, 3.63) is 124 Å². The van der Waals surface area contributed by atoms with E-state index >= 15 is 0 Å². The Labute approximate surface area is 252 Å². The lowest BCUT2D eigenvalue weighted by Gasteiger charge is -2.07. The molecule has 0 atom stereocenters. The Balaban J connectivity index is 0.000000175. The summed E-state index contributed by atoms with van der Waals surface area (Å²) in [5.41, 5.74) is 9.44. The highest BCUT2D eigenvalue weighted by Gasteiger charge is 2.12. The van der Waals surface area contributed by atoms with Crippen molar-refractivity contribution >= 4 is 29.0 Å². The fourth-order valence-corrected chi connectivity index (χ4v) is 4.71. The topological polar surface area (TPSA) is 150 Å². The summed E-state index contributed by atoms with van der Waals surface area (Å²) in [5, 5.41) is 16.9. The number of hydrogen-bond acceptors (Lipinski definition) is 8. The Morgan fingerprint density at radius 3 is 1.73 bits per heavy atom. The molecule has 0 aliphatic heterocycles. The number of non-ortho nitro benzene ring substituents is 1. The number of aromatic amines is 2. The van der Waals surface area contributed by atoms with Gasteiger partial charge in [-0.25, -0.2) is 24.3 Å². The molecule has 0 spiro atoms. The number of H-pyrrole nitrogens is 2. The molecule has 2 aromatic carbocycles. The number of benzene rings is 2. The van der Waals surface area contributed by atoms with Gasteiger partial charge in [0, 0.05) is 70.8 Å². The summed E-state index contributed by atoms with van der Waals surface area (Å²) >= 11 is 0. The molecule has 0 unspecified atom stereocenters. The molecule has 44 heavy (non-hydrogen) atoms. The van der Waals surface area contributed by atoms with Crippen molar-refractivity contribution in [2.45, 2.75) is 27.7 Å². The first kappa shape index (κ1) is 29.6. The Bertz CT molecular complexity index is 1880. The number of nitro benzene ring substituents is 1. The lowest BCUT2D eigenvalue weighted by Crippen LogP contribution is -1.99. The van der Waals surface area contributed by atoms with E-state index in [2.05, 4.69) is 40.5 Å². The molecule has 0 aliphatic carbocycles. The zero-order valence-electron chi connectivity index (χ0n) is 24.5. The number of rotatable bonds is 7. The van der Waals surface area contributed by atoms with Gasteiger partial charge in [-0.15, -0.1) is 0 Å². The molecule has 0 bridgehead atoms. The van der Waals surface area contributed by atoms with Crippen LogP contribution in [0, 0.1) is 43.6 Å². The first-order chi connectivity index (χ1) is 21.2. The first-order valence-corrected chi connectivity index (χ1v) is 13.7. The predicted octanol–water partition coefficient (Wildman–Crippen LogP) is 7.71. The molecule has 0 fully saturated rings. The fourth-order valence-electron chi connectivity index (χ4n) is 4.71. The number of aryl methyl sites for hydroxylation is 4. The van der Waals surface area contributed by atoms with E-state index in [1.807, 2.05) is 52.2 Å². The van der Waals surface area contributed by atoms with Gasteiger partial charge in [0.1, 0.15) is 5.82 Å². The lowest BCUT2D eigenvalue weighted by molar-refractivity contribution is -0.384. The molecule has 0 saturated heterocycles. The summed E-state index contributed by atoms with van der Waals surface area (Å²) < 4.78 is 12.9. The van der Waals surface area contributed by atoms with E-state index in [0.29, 0.717) is 17.6 Å². The third kappa shape index (κ3) is 6.93. The van der Waals surface area contributed by atoms with Gasteiger partial charge in [-0.05, 0) is 81.3 Å². The standard InChI is InChI=1S/C16H15FN4.C16H15N5O2/c1-10-9-19-11(2)15(10)14-7-8-18-16(21-14)20-13-5-3-12(17)4-6-13;1-10-9-18-11(2)15(10)14-6-7-17-16(20-14)19-12-4-3-5-13(8-12)21(22)23/h3-9,19H,1-2H3,(H,18,20,21);3-9,18H,1-2H3,(H,17,19,20). The summed E-state index contributed by atoms with van der Waals surface area (Å²) in [6, 6.07) is 16.0. The predicted molar refractivity (Wildman–Crippen MR) is 169 cm³/mol. The molecule has 0 saturated carbocycles. The van der Waals surface area contributed by atoms with E-state index in [0.717, 1.165) is 50.7 Å². The minimum absolute atomic E-state index is 0.0171. The number of anilines is 4. The average molecular weight is 592 g/mol. The highest BCUT2D eigenvalue weighted by Crippen LogP contribution is 2.27. The van der Waals surface area contributed by atoms with E-state index < -0.39 is 4.92 Å². The van der Waals surface area contributed by atoms with Crippen LogP contribution in [0.3, 0.4) is 0 Å². The summed E-state index contributed by atoms with van der Waals surface area (Å²) in [6.45, 7) is 8.04. The van der Waals surface area contributed by atoms with Crippen molar-refractivity contribution in [3.63, 3.8) is 0 Å². The summed E-state index contributed by atoms with van der Waals surface area (Å²) in [7, 11) is 0. The van der Waals surface area contributed by atoms with Crippen molar-refractivity contribution in [1.82, 2.24) is 29.9 Å². The van der Waals surface area contributed by atoms with Crippen molar-refractivity contribution < 1.29 is 9.31 Å². The second-order valence-corrected chi connectivity index (χ2v) is 10.0. The van der Waals surface area contributed by atoms with E-state index in [-0.39, 0.29) is 11.5 Å². The minimum Gasteiger partial charge on any atom is -0.364 e. The van der Waals surface area contributed by atoms with Crippen LogP contribution in [0.15, 0.2) is 85.5 Å². The van der Waals surface area contributed by atoms with Gasteiger partial charge in [-0.1, -0.05) is 6.07 Å². The zero-order chi connectivity index (χ0) is 31.2. The lowest BCUT2D eigenvalue weighted by atomic mass is 10.1. The summed E-state index contributed by atoms with van der Waals surface area (Å²) in [6.07, 6.45) is 7.26. The maximum absolute atomic E-state index is 12.9. The summed E-state index contributed by atoms with van der Waals surface area (Å²) in [4.78, 5) is 34.1. The molecule has 4 aromatic heterocycles. The van der Waals surface area contributed by atoms with E-state index in [1.54, 1.807) is 36.7 Å². The molecule has 0 amide bonds. The SMILES string of the molecule is Cc1c[nH]c(C)c1-c1ccnc(Nc2ccc(F)cc2)n1.Cc1c[nH]c(C)c1-c1ccnc(Nc2cccc([N+](=O)[O-])c2)n1. The fraction of sp³-hybridized carbons (Fsp3) is 0.125. The number of hydrogen-bond donors (Lipinski definition) is 4. The van der Waals surface area contributed by atoms with E-state index in [1.165, 1.54) is 24.3 Å². The first-order valence-electron chi connectivity index (χ1n) is 13.7. The number of nitrogens with one attached hydrogen (secondary N) is 4. The Hall–Kier alpha value is -5.91. The number of aromatic nitrogens is 6. The van der Waals surface area contributed by atoms with Crippen molar-refractivity contribution in [1.29, 1.82) is 0 Å². The molecule has 222 valence electrons. The van der Waals surface area contributed by atoms with Crippen LogP contribution in [0.4, 0.5) is 33.3 Å².